The number of imidazole rings is 1. The van der Waals surface area contributed by atoms with Crippen molar-refractivity contribution in [1.29, 1.82) is 0 Å². The summed E-state index contributed by atoms with van der Waals surface area (Å²) in [7, 11) is 0. The summed E-state index contributed by atoms with van der Waals surface area (Å²) in [4.78, 5) is 27.5. The van der Waals surface area contributed by atoms with Crippen molar-refractivity contribution in [3.63, 3.8) is 0 Å². The van der Waals surface area contributed by atoms with Crippen LogP contribution in [-0.4, -0.2) is 55.2 Å². The number of nitrogens with one attached hydrogen (secondary N) is 1. The lowest BCUT2D eigenvalue weighted by molar-refractivity contribution is 0.0293. The van der Waals surface area contributed by atoms with Crippen LogP contribution in [0.2, 0.25) is 0 Å². The minimum absolute atomic E-state index is 0.0789. The first kappa shape index (κ1) is 20.1. The van der Waals surface area contributed by atoms with Gasteiger partial charge in [-0.15, -0.1) is 0 Å². The number of ether oxygens (including phenoxy) is 1. The average Bonchev–Trinajstić information content (AvgIpc) is 3.34. The predicted octanol–water partition coefficient (Wildman–Crippen LogP) is 3.80. The highest BCUT2D eigenvalue weighted by molar-refractivity contribution is 5.73. The lowest BCUT2D eigenvalue weighted by atomic mass is 10.1. The maximum absolute atomic E-state index is 12.3. The molecule has 8 heteroatoms. The minimum atomic E-state index is -0.496. The maximum Gasteiger partial charge on any atom is 0.410 e. The standard InChI is InChI=1S/C22H28N6O2/c1-5-15-6-8-17(9-7-15)28-14-24-18-12-23-20(26-19(18)28)25-16-10-11-27(13-16)21(29)30-22(2,3)4/h6-9,12,14,16H,5,10-11,13H2,1-4H3,(H,23,25,26). The van der Waals surface area contributed by atoms with Gasteiger partial charge in [0.2, 0.25) is 5.95 Å². The van der Waals surface area contributed by atoms with Crippen LogP contribution in [0.3, 0.4) is 0 Å². The Kier molecular flexibility index (Phi) is 5.32. The Labute approximate surface area is 176 Å². The van der Waals surface area contributed by atoms with Crippen molar-refractivity contribution in [3.8, 4) is 5.69 Å². The molecule has 1 fully saturated rings. The van der Waals surface area contributed by atoms with Gasteiger partial charge in [-0.2, -0.15) is 4.98 Å². The molecule has 3 heterocycles. The third-order valence-corrected chi connectivity index (χ3v) is 5.09. The molecule has 0 radical (unpaired) electrons. The van der Waals surface area contributed by atoms with Gasteiger partial charge in [0.15, 0.2) is 5.65 Å². The van der Waals surface area contributed by atoms with Crippen LogP contribution in [0, 0.1) is 0 Å². The third-order valence-electron chi connectivity index (χ3n) is 5.09. The number of amides is 1. The summed E-state index contributed by atoms with van der Waals surface area (Å²) in [6, 6.07) is 8.46. The second-order valence-corrected chi connectivity index (χ2v) is 8.59. The van der Waals surface area contributed by atoms with E-state index in [9.17, 15) is 4.79 Å². The number of carbonyl (C=O) groups is 1. The van der Waals surface area contributed by atoms with Gasteiger partial charge in [-0.25, -0.2) is 14.8 Å². The van der Waals surface area contributed by atoms with Crippen molar-refractivity contribution in [1.82, 2.24) is 24.4 Å². The molecule has 1 N–H and O–H groups in total. The van der Waals surface area contributed by atoms with Gasteiger partial charge < -0.3 is 15.0 Å². The van der Waals surface area contributed by atoms with Gasteiger partial charge in [0.1, 0.15) is 17.4 Å². The molecule has 0 bridgehead atoms. The molecule has 0 saturated carbocycles. The first-order chi connectivity index (χ1) is 14.3. The van der Waals surface area contributed by atoms with Crippen LogP contribution in [0.5, 0.6) is 0 Å². The number of aromatic nitrogens is 4. The fraction of sp³-hybridized carbons (Fsp3) is 0.455. The summed E-state index contributed by atoms with van der Waals surface area (Å²) in [5.74, 6) is 0.533. The molecule has 30 heavy (non-hydrogen) atoms. The summed E-state index contributed by atoms with van der Waals surface area (Å²) in [5, 5.41) is 3.35. The van der Waals surface area contributed by atoms with E-state index in [-0.39, 0.29) is 12.1 Å². The van der Waals surface area contributed by atoms with E-state index in [1.54, 1.807) is 17.4 Å². The molecule has 158 valence electrons. The van der Waals surface area contributed by atoms with E-state index in [1.807, 2.05) is 25.3 Å². The van der Waals surface area contributed by atoms with Crippen molar-refractivity contribution in [2.75, 3.05) is 18.4 Å². The Hall–Kier alpha value is -3.16. The van der Waals surface area contributed by atoms with E-state index in [1.165, 1.54) is 5.56 Å². The van der Waals surface area contributed by atoms with E-state index in [4.69, 9.17) is 9.72 Å². The Bertz CT molecular complexity index is 1040. The van der Waals surface area contributed by atoms with Crippen LogP contribution >= 0.6 is 0 Å². The molecule has 0 spiro atoms. The minimum Gasteiger partial charge on any atom is -0.444 e. The molecule has 1 aliphatic heterocycles. The highest BCUT2D eigenvalue weighted by Gasteiger charge is 2.30. The zero-order valence-corrected chi connectivity index (χ0v) is 17.9. The molecule has 0 aliphatic carbocycles. The van der Waals surface area contributed by atoms with Gasteiger partial charge in [-0.05, 0) is 51.3 Å². The maximum atomic E-state index is 12.3. The summed E-state index contributed by atoms with van der Waals surface area (Å²) in [6.45, 7) is 8.97. The van der Waals surface area contributed by atoms with Gasteiger partial charge in [-0.3, -0.25) is 4.57 Å². The monoisotopic (exact) mass is 408 g/mol. The lowest BCUT2D eigenvalue weighted by Gasteiger charge is -2.24. The molecule has 1 atom stereocenters. The molecular weight excluding hydrogens is 380 g/mol. The van der Waals surface area contributed by atoms with Gasteiger partial charge >= 0.3 is 6.09 Å². The quantitative estimate of drug-likeness (QED) is 0.707. The fourth-order valence-electron chi connectivity index (χ4n) is 3.51. The Morgan fingerprint density at radius 3 is 2.70 bits per heavy atom. The molecule has 8 nitrogen and oxygen atoms in total. The Morgan fingerprint density at radius 2 is 2.00 bits per heavy atom. The highest BCUT2D eigenvalue weighted by atomic mass is 16.6. The SMILES string of the molecule is CCc1ccc(-n2cnc3cnc(NC4CCN(C(=O)OC(C)(C)C)C4)nc32)cc1. The zero-order valence-electron chi connectivity index (χ0n) is 17.9. The van der Waals surface area contributed by atoms with Gasteiger partial charge in [-0.1, -0.05) is 19.1 Å². The highest BCUT2D eigenvalue weighted by Crippen LogP contribution is 2.20. The second kappa shape index (κ2) is 7.93. The summed E-state index contributed by atoms with van der Waals surface area (Å²) in [6.07, 6.45) is 5.03. The molecule has 2 aromatic heterocycles. The zero-order chi connectivity index (χ0) is 21.3. The van der Waals surface area contributed by atoms with E-state index in [2.05, 4.69) is 46.5 Å². The number of fused-ring (bicyclic) bond motifs is 1. The van der Waals surface area contributed by atoms with Crippen LogP contribution < -0.4 is 5.32 Å². The fourth-order valence-corrected chi connectivity index (χ4v) is 3.51. The topological polar surface area (TPSA) is 85.2 Å². The number of hydrogen-bond donors (Lipinski definition) is 1. The number of nitrogens with zero attached hydrogens (tertiary/aromatic N) is 5. The van der Waals surface area contributed by atoms with Crippen molar-refractivity contribution in [2.45, 2.75) is 52.2 Å². The van der Waals surface area contributed by atoms with Crippen molar-refractivity contribution >= 4 is 23.2 Å². The van der Waals surface area contributed by atoms with Gasteiger partial charge in [0.25, 0.3) is 0 Å². The number of carbonyl (C=O) groups excluding carboxylic acids is 1. The summed E-state index contributed by atoms with van der Waals surface area (Å²) >= 11 is 0. The summed E-state index contributed by atoms with van der Waals surface area (Å²) < 4.78 is 7.43. The number of hydrogen-bond acceptors (Lipinski definition) is 6. The van der Waals surface area contributed by atoms with Crippen LogP contribution in [-0.2, 0) is 11.2 Å². The number of anilines is 1. The molecule has 1 saturated heterocycles. The predicted molar refractivity (Wildman–Crippen MR) is 116 cm³/mol. The van der Waals surface area contributed by atoms with Crippen molar-refractivity contribution in [3.05, 3.63) is 42.4 Å². The first-order valence-electron chi connectivity index (χ1n) is 10.4. The number of benzene rings is 1. The normalized spacial score (nSPS) is 16.8. The molecule has 3 aromatic rings. The lowest BCUT2D eigenvalue weighted by Crippen LogP contribution is -2.36. The van der Waals surface area contributed by atoms with E-state index < -0.39 is 5.60 Å². The van der Waals surface area contributed by atoms with Crippen molar-refractivity contribution in [2.24, 2.45) is 0 Å². The second-order valence-electron chi connectivity index (χ2n) is 8.59. The van der Waals surface area contributed by atoms with Crippen LogP contribution in [0.1, 0.15) is 39.7 Å². The van der Waals surface area contributed by atoms with E-state index >= 15 is 0 Å². The first-order valence-corrected chi connectivity index (χ1v) is 10.4. The number of rotatable bonds is 4. The van der Waals surface area contributed by atoms with Crippen molar-refractivity contribution < 1.29 is 9.53 Å². The van der Waals surface area contributed by atoms with E-state index in [0.717, 1.165) is 29.7 Å². The average molecular weight is 409 g/mol. The van der Waals surface area contributed by atoms with Crippen LogP contribution in [0.15, 0.2) is 36.8 Å². The summed E-state index contributed by atoms with van der Waals surface area (Å²) in [5.41, 5.74) is 3.29. The number of likely N-dealkylation sites (tertiary alicyclic amines) is 1. The molecule has 1 unspecified atom stereocenters. The van der Waals surface area contributed by atoms with E-state index in [0.29, 0.717) is 19.0 Å². The largest absolute Gasteiger partial charge is 0.444 e. The van der Waals surface area contributed by atoms with Crippen LogP contribution in [0.4, 0.5) is 10.7 Å². The Morgan fingerprint density at radius 1 is 1.23 bits per heavy atom. The Balaban J connectivity index is 1.48. The van der Waals surface area contributed by atoms with Gasteiger partial charge in [0.05, 0.1) is 6.20 Å². The molecule has 1 aliphatic rings. The molecule has 4 rings (SSSR count). The number of aryl methyl sites for hydroxylation is 1. The van der Waals surface area contributed by atoms with Crippen LogP contribution in [0.25, 0.3) is 16.9 Å². The third kappa shape index (κ3) is 4.37. The molecule has 1 aromatic carbocycles. The smallest absolute Gasteiger partial charge is 0.410 e. The van der Waals surface area contributed by atoms with Gasteiger partial charge in [0, 0.05) is 24.8 Å². The molecular formula is C22H28N6O2. The molecule has 1 amide bonds.